The summed E-state index contributed by atoms with van der Waals surface area (Å²) in [5.74, 6) is -0.871. The van der Waals surface area contributed by atoms with E-state index in [1.54, 1.807) is 29.0 Å². The minimum absolute atomic E-state index is 0.193. The number of methoxy groups -OCH3 is 2. The molecule has 222 valence electrons. The van der Waals surface area contributed by atoms with Gasteiger partial charge in [-0.2, -0.15) is 0 Å². The topological polar surface area (TPSA) is 102 Å². The molecule has 0 spiro atoms. The van der Waals surface area contributed by atoms with Crippen molar-refractivity contribution in [1.82, 2.24) is 9.80 Å². The Hall–Kier alpha value is -4.01. The Morgan fingerprint density at radius 3 is 2.14 bits per heavy atom. The molecule has 2 N–H and O–H groups in total. The Balaban J connectivity index is 1.77. The van der Waals surface area contributed by atoms with Crippen molar-refractivity contribution in [3.63, 3.8) is 0 Å². The van der Waals surface area contributed by atoms with Crippen molar-refractivity contribution >= 4 is 17.8 Å². The number of hydrogen-bond donors (Lipinski definition) is 1. The normalized spacial score (nSPS) is 16.2. The molecule has 3 unspecified atom stereocenters. The lowest BCUT2D eigenvalue weighted by Gasteiger charge is -2.43. The molecule has 4 rings (SSSR count). The maximum Gasteiger partial charge on any atom is 0.337 e. The van der Waals surface area contributed by atoms with Crippen LogP contribution >= 0.6 is 0 Å². The number of rotatable bonds is 9. The lowest BCUT2D eigenvalue weighted by atomic mass is 9.84. The van der Waals surface area contributed by atoms with Crippen LogP contribution < -0.4 is 5.73 Å². The summed E-state index contributed by atoms with van der Waals surface area (Å²) in [7, 11) is 2.95. The number of carbonyl (C=O) groups is 3. The molecular weight excluding hydrogens is 530 g/mol. The summed E-state index contributed by atoms with van der Waals surface area (Å²) in [5.41, 5.74) is 10.2. The smallest absolute Gasteiger partial charge is 0.337 e. The molecule has 0 bridgehead atoms. The summed E-state index contributed by atoms with van der Waals surface area (Å²) < 4.78 is 10.5. The van der Waals surface area contributed by atoms with Gasteiger partial charge in [0.15, 0.2) is 0 Å². The van der Waals surface area contributed by atoms with Crippen LogP contribution in [0.2, 0.25) is 0 Å². The number of carbonyl (C=O) groups excluding carboxylic acids is 3. The molecule has 3 atom stereocenters. The molecule has 2 amide bonds. The molecule has 8 heteroatoms. The maximum absolute atomic E-state index is 14.8. The van der Waals surface area contributed by atoms with Gasteiger partial charge in [0.1, 0.15) is 6.04 Å². The summed E-state index contributed by atoms with van der Waals surface area (Å²) in [6.45, 7) is 6.59. The van der Waals surface area contributed by atoms with Crippen LogP contribution in [0, 0.1) is 5.41 Å². The SMILES string of the molecule is COCC(c1ccccc1)N(Cc1ccc(C(=O)OC)cc1)C(=O)C1Cc2ccccc2CN1C(=O)C(N)C(C)(C)C. The van der Waals surface area contributed by atoms with Crippen LogP contribution in [0.25, 0.3) is 0 Å². The summed E-state index contributed by atoms with van der Waals surface area (Å²) in [5, 5.41) is 0. The van der Waals surface area contributed by atoms with Gasteiger partial charge >= 0.3 is 5.97 Å². The van der Waals surface area contributed by atoms with Crippen molar-refractivity contribution in [3.8, 4) is 0 Å². The monoisotopic (exact) mass is 571 g/mol. The Labute approximate surface area is 248 Å². The fourth-order valence-corrected chi connectivity index (χ4v) is 5.32. The third-order valence-corrected chi connectivity index (χ3v) is 7.91. The van der Waals surface area contributed by atoms with E-state index < -0.39 is 29.5 Å². The fraction of sp³-hybridized carbons (Fsp3) is 0.382. The van der Waals surface area contributed by atoms with E-state index in [0.29, 0.717) is 18.5 Å². The number of ether oxygens (including phenoxy) is 2. The van der Waals surface area contributed by atoms with E-state index in [1.165, 1.54) is 7.11 Å². The number of esters is 1. The zero-order valence-corrected chi connectivity index (χ0v) is 25.1. The van der Waals surface area contributed by atoms with Gasteiger partial charge in [-0.15, -0.1) is 0 Å². The summed E-state index contributed by atoms with van der Waals surface area (Å²) in [6, 6.07) is 22.7. The van der Waals surface area contributed by atoms with Crippen LogP contribution in [0.15, 0.2) is 78.9 Å². The maximum atomic E-state index is 14.8. The standard InChI is InChI=1S/C34H41N3O5/c1-34(2,3)30(35)32(39)37-21-27-14-10-9-13-26(27)19-28(37)31(38)36(29(22-41-4)24-11-7-6-8-12-24)20-23-15-17-25(18-16-23)33(40)42-5/h6-18,28-30H,19-22,35H2,1-5H3. The van der Waals surface area contributed by atoms with Crippen LogP contribution in [0.3, 0.4) is 0 Å². The van der Waals surface area contributed by atoms with E-state index in [2.05, 4.69) is 0 Å². The number of fused-ring (bicyclic) bond motifs is 1. The van der Waals surface area contributed by atoms with Crippen molar-refractivity contribution in [2.45, 2.75) is 58.4 Å². The van der Waals surface area contributed by atoms with Gasteiger partial charge in [0, 0.05) is 26.6 Å². The third-order valence-electron chi connectivity index (χ3n) is 7.91. The van der Waals surface area contributed by atoms with Crippen molar-refractivity contribution in [2.24, 2.45) is 11.1 Å². The van der Waals surface area contributed by atoms with Crippen molar-refractivity contribution < 1.29 is 23.9 Å². The minimum Gasteiger partial charge on any atom is -0.465 e. The van der Waals surface area contributed by atoms with Gasteiger partial charge in [0.25, 0.3) is 0 Å². The van der Waals surface area contributed by atoms with Gasteiger partial charge in [0.05, 0.1) is 31.4 Å². The largest absolute Gasteiger partial charge is 0.465 e. The molecule has 0 fully saturated rings. The second kappa shape index (κ2) is 13.3. The quantitative estimate of drug-likeness (QED) is 0.379. The summed E-state index contributed by atoms with van der Waals surface area (Å²) in [6.07, 6.45) is 0.379. The van der Waals surface area contributed by atoms with Crippen molar-refractivity contribution in [1.29, 1.82) is 0 Å². The van der Waals surface area contributed by atoms with Crippen LogP contribution in [0.1, 0.15) is 59.4 Å². The van der Waals surface area contributed by atoms with E-state index in [4.69, 9.17) is 15.2 Å². The van der Waals surface area contributed by atoms with E-state index >= 15 is 0 Å². The molecule has 0 saturated carbocycles. The summed E-state index contributed by atoms with van der Waals surface area (Å²) in [4.78, 5) is 44.1. The molecule has 1 aliphatic rings. The van der Waals surface area contributed by atoms with Gasteiger partial charge in [-0.3, -0.25) is 9.59 Å². The Morgan fingerprint density at radius 2 is 1.55 bits per heavy atom. The highest BCUT2D eigenvalue weighted by Crippen LogP contribution is 2.31. The van der Waals surface area contributed by atoms with E-state index in [1.807, 2.05) is 87.5 Å². The van der Waals surface area contributed by atoms with E-state index in [9.17, 15) is 14.4 Å². The Kier molecular flexibility index (Phi) is 9.81. The molecule has 0 aliphatic carbocycles. The van der Waals surface area contributed by atoms with Gasteiger partial charge in [0.2, 0.25) is 11.8 Å². The second-order valence-corrected chi connectivity index (χ2v) is 11.8. The first-order valence-corrected chi connectivity index (χ1v) is 14.2. The summed E-state index contributed by atoms with van der Waals surface area (Å²) >= 11 is 0. The first-order valence-electron chi connectivity index (χ1n) is 14.2. The second-order valence-electron chi connectivity index (χ2n) is 11.8. The molecule has 0 saturated heterocycles. The number of nitrogens with two attached hydrogens (primary N) is 1. The number of benzene rings is 3. The predicted octanol–water partition coefficient (Wildman–Crippen LogP) is 4.52. The molecule has 3 aromatic carbocycles. The van der Waals surface area contributed by atoms with Gasteiger partial charge in [-0.1, -0.05) is 87.5 Å². The highest BCUT2D eigenvalue weighted by molar-refractivity contribution is 5.91. The first kappa shape index (κ1) is 30.9. The van der Waals surface area contributed by atoms with Gasteiger partial charge in [-0.05, 0) is 39.8 Å². The number of nitrogens with zero attached hydrogens (tertiary/aromatic N) is 2. The van der Waals surface area contributed by atoms with Gasteiger partial charge < -0.3 is 25.0 Å². The Bertz CT molecular complexity index is 1380. The molecule has 0 aromatic heterocycles. The lowest BCUT2D eigenvalue weighted by Crippen LogP contribution is -2.59. The van der Waals surface area contributed by atoms with Crippen molar-refractivity contribution in [2.75, 3.05) is 20.8 Å². The minimum atomic E-state index is -0.777. The van der Waals surface area contributed by atoms with Crippen LogP contribution in [0.5, 0.6) is 0 Å². The number of amides is 2. The molecule has 1 aliphatic heterocycles. The molecule has 0 radical (unpaired) electrons. The molecule has 8 nitrogen and oxygen atoms in total. The molecule has 42 heavy (non-hydrogen) atoms. The van der Waals surface area contributed by atoms with Crippen LogP contribution in [-0.2, 0) is 38.6 Å². The predicted molar refractivity (Wildman–Crippen MR) is 161 cm³/mol. The van der Waals surface area contributed by atoms with Crippen molar-refractivity contribution in [3.05, 3.63) is 107 Å². The molecule has 1 heterocycles. The zero-order chi connectivity index (χ0) is 30.4. The lowest BCUT2D eigenvalue weighted by molar-refractivity contribution is -0.151. The van der Waals surface area contributed by atoms with Crippen LogP contribution in [-0.4, -0.2) is 60.5 Å². The molecule has 3 aromatic rings. The average molecular weight is 572 g/mol. The number of hydrogen-bond acceptors (Lipinski definition) is 6. The average Bonchev–Trinajstić information content (AvgIpc) is 3.00. The fourth-order valence-electron chi connectivity index (χ4n) is 5.32. The Morgan fingerprint density at radius 1 is 0.929 bits per heavy atom. The van der Waals surface area contributed by atoms with E-state index in [0.717, 1.165) is 22.3 Å². The zero-order valence-electron chi connectivity index (χ0n) is 25.1. The highest BCUT2D eigenvalue weighted by atomic mass is 16.5. The molecular formula is C34H41N3O5. The van der Waals surface area contributed by atoms with Gasteiger partial charge in [-0.25, -0.2) is 4.79 Å². The van der Waals surface area contributed by atoms with Crippen LogP contribution in [0.4, 0.5) is 0 Å². The third kappa shape index (κ3) is 6.89. The highest BCUT2D eigenvalue weighted by Gasteiger charge is 2.42. The first-order chi connectivity index (χ1) is 20.0. The van der Waals surface area contributed by atoms with E-state index in [-0.39, 0.29) is 25.0 Å².